The van der Waals surface area contributed by atoms with Crippen molar-refractivity contribution in [3.05, 3.63) is 22.4 Å². The number of aliphatic carboxylic acids is 1. The van der Waals surface area contributed by atoms with Crippen molar-refractivity contribution in [3.63, 3.8) is 0 Å². The van der Waals surface area contributed by atoms with Crippen molar-refractivity contribution in [1.82, 2.24) is 10.6 Å². The zero-order chi connectivity index (χ0) is 14.8. The standard InChI is InChI=1S/C12H16N2O5S/c15-10(13-5-6-19-8-11(16)17)3-4-14-12(18)9-2-1-7-20-9/h1-2,7H,3-6,8H2,(H,13,15)(H,14,18)(H,16,17). The zero-order valence-corrected chi connectivity index (χ0v) is 11.6. The topological polar surface area (TPSA) is 105 Å². The van der Waals surface area contributed by atoms with E-state index < -0.39 is 5.97 Å². The average molecular weight is 300 g/mol. The van der Waals surface area contributed by atoms with Crippen LogP contribution in [0, 0.1) is 0 Å². The molecule has 0 saturated heterocycles. The van der Waals surface area contributed by atoms with Crippen molar-refractivity contribution >= 4 is 29.1 Å². The predicted octanol–water partition coefficient (Wildman–Crippen LogP) is 0.0854. The lowest BCUT2D eigenvalue weighted by atomic mass is 10.3. The van der Waals surface area contributed by atoms with Gasteiger partial charge in [-0.05, 0) is 11.4 Å². The van der Waals surface area contributed by atoms with E-state index in [9.17, 15) is 14.4 Å². The third-order valence-electron chi connectivity index (χ3n) is 2.18. The fourth-order valence-corrected chi connectivity index (χ4v) is 1.94. The molecule has 0 spiro atoms. The monoisotopic (exact) mass is 300 g/mol. The molecule has 3 N–H and O–H groups in total. The number of hydrogen-bond donors (Lipinski definition) is 3. The number of rotatable bonds is 9. The number of ether oxygens (including phenoxy) is 1. The van der Waals surface area contributed by atoms with E-state index in [1.54, 1.807) is 17.5 Å². The van der Waals surface area contributed by atoms with Gasteiger partial charge in [0.2, 0.25) is 5.91 Å². The fourth-order valence-electron chi connectivity index (χ4n) is 1.29. The summed E-state index contributed by atoms with van der Waals surface area (Å²) in [5.74, 6) is -1.47. The molecule has 110 valence electrons. The molecule has 7 nitrogen and oxygen atoms in total. The van der Waals surface area contributed by atoms with Gasteiger partial charge >= 0.3 is 5.97 Å². The summed E-state index contributed by atoms with van der Waals surface area (Å²) in [4.78, 5) is 33.7. The molecule has 20 heavy (non-hydrogen) atoms. The Balaban J connectivity index is 2.03. The third kappa shape index (κ3) is 6.86. The summed E-state index contributed by atoms with van der Waals surface area (Å²) in [5, 5.41) is 15.3. The first-order valence-electron chi connectivity index (χ1n) is 5.97. The summed E-state index contributed by atoms with van der Waals surface area (Å²) in [5.41, 5.74) is 0. The van der Waals surface area contributed by atoms with Crippen molar-refractivity contribution in [1.29, 1.82) is 0 Å². The molecular formula is C12H16N2O5S. The Morgan fingerprint density at radius 3 is 2.70 bits per heavy atom. The summed E-state index contributed by atoms with van der Waals surface area (Å²) in [6.45, 7) is 0.246. The van der Waals surface area contributed by atoms with Crippen LogP contribution in [0.25, 0.3) is 0 Å². The van der Waals surface area contributed by atoms with Gasteiger partial charge in [0.15, 0.2) is 0 Å². The maximum absolute atomic E-state index is 11.5. The van der Waals surface area contributed by atoms with Crippen LogP contribution in [0.15, 0.2) is 17.5 Å². The number of carboxylic acid groups (broad SMARTS) is 1. The number of nitrogens with one attached hydrogen (secondary N) is 2. The first-order chi connectivity index (χ1) is 9.59. The third-order valence-corrected chi connectivity index (χ3v) is 3.05. The SMILES string of the molecule is O=C(O)COCCNC(=O)CCNC(=O)c1cccs1. The van der Waals surface area contributed by atoms with Crippen molar-refractivity contribution in [3.8, 4) is 0 Å². The Morgan fingerprint density at radius 1 is 1.25 bits per heavy atom. The van der Waals surface area contributed by atoms with Crippen LogP contribution in [0.2, 0.25) is 0 Å². The first kappa shape index (κ1) is 16.1. The summed E-state index contributed by atoms with van der Waals surface area (Å²) in [6, 6.07) is 3.49. The first-order valence-corrected chi connectivity index (χ1v) is 6.85. The Labute approximate surface area is 119 Å². The maximum atomic E-state index is 11.5. The van der Waals surface area contributed by atoms with Crippen LogP contribution in [0.1, 0.15) is 16.1 Å². The van der Waals surface area contributed by atoms with Crippen molar-refractivity contribution < 1.29 is 24.2 Å². The van der Waals surface area contributed by atoms with Gasteiger partial charge < -0.3 is 20.5 Å². The Kier molecular flexibility index (Phi) is 7.30. The van der Waals surface area contributed by atoms with Gasteiger partial charge in [0.25, 0.3) is 5.91 Å². The number of carbonyl (C=O) groups is 3. The van der Waals surface area contributed by atoms with Gasteiger partial charge in [-0.1, -0.05) is 6.07 Å². The quantitative estimate of drug-likeness (QED) is 0.560. The minimum atomic E-state index is -1.05. The second kappa shape index (κ2) is 9.05. The molecule has 0 aliphatic heterocycles. The largest absolute Gasteiger partial charge is 0.480 e. The summed E-state index contributed by atoms with van der Waals surface area (Å²) in [6.07, 6.45) is 0.163. The van der Waals surface area contributed by atoms with Crippen LogP contribution in [-0.4, -0.2) is 49.2 Å². The van der Waals surface area contributed by atoms with E-state index >= 15 is 0 Å². The molecule has 1 rings (SSSR count). The van der Waals surface area contributed by atoms with Crippen LogP contribution >= 0.6 is 11.3 Å². The van der Waals surface area contributed by atoms with E-state index in [0.717, 1.165) is 0 Å². The summed E-state index contributed by atoms with van der Waals surface area (Å²) < 4.78 is 4.75. The van der Waals surface area contributed by atoms with E-state index in [2.05, 4.69) is 10.6 Å². The molecular weight excluding hydrogens is 284 g/mol. The minimum Gasteiger partial charge on any atom is -0.480 e. The predicted molar refractivity (Wildman–Crippen MR) is 72.7 cm³/mol. The minimum absolute atomic E-state index is 0.138. The van der Waals surface area contributed by atoms with E-state index in [-0.39, 0.29) is 44.5 Å². The second-order valence-electron chi connectivity index (χ2n) is 3.78. The van der Waals surface area contributed by atoms with E-state index in [0.29, 0.717) is 4.88 Å². The number of carboxylic acids is 1. The second-order valence-corrected chi connectivity index (χ2v) is 4.73. The fraction of sp³-hybridized carbons (Fsp3) is 0.417. The van der Waals surface area contributed by atoms with Crippen LogP contribution in [0.3, 0.4) is 0 Å². The number of thiophene rings is 1. The van der Waals surface area contributed by atoms with Gasteiger partial charge in [0.05, 0.1) is 11.5 Å². The van der Waals surface area contributed by atoms with Gasteiger partial charge in [-0.2, -0.15) is 0 Å². The number of hydrogen-bond acceptors (Lipinski definition) is 5. The molecule has 0 aromatic carbocycles. The molecule has 2 amide bonds. The highest BCUT2D eigenvalue weighted by Crippen LogP contribution is 2.07. The Bertz CT molecular complexity index is 447. The van der Waals surface area contributed by atoms with Gasteiger partial charge in [-0.15, -0.1) is 11.3 Å². The molecule has 0 atom stereocenters. The molecule has 0 fully saturated rings. The van der Waals surface area contributed by atoms with E-state index in [1.807, 2.05) is 0 Å². The highest BCUT2D eigenvalue weighted by Gasteiger charge is 2.07. The number of carbonyl (C=O) groups excluding carboxylic acids is 2. The molecule has 0 unspecified atom stereocenters. The molecule has 1 aromatic heterocycles. The van der Waals surface area contributed by atoms with Crippen molar-refractivity contribution in [2.75, 3.05) is 26.3 Å². The molecule has 0 aliphatic carbocycles. The Hall–Kier alpha value is -1.93. The molecule has 0 saturated carbocycles. The lowest BCUT2D eigenvalue weighted by Gasteiger charge is -2.06. The summed E-state index contributed by atoms with van der Waals surface area (Å²) >= 11 is 1.33. The van der Waals surface area contributed by atoms with E-state index in [4.69, 9.17) is 9.84 Å². The normalized spacial score (nSPS) is 10.0. The lowest BCUT2D eigenvalue weighted by molar-refractivity contribution is -0.142. The highest BCUT2D eigenvalue weighted by atomic mass is 32.1. The van der Waals surface area contributed by atoms with Gasteiger partial charge in [0.1, 0.15) is 6.61 Å². The van der Waals surface area contributed by atoms with Gasteiger partial charge in [-0.3, -0.25) is 9.59 Å². The molecule has 0 radical (unpaired) electrons. The molecule has 8 heteroatoms. The van der Waals surface area contributed by atoms with Crippen molar-refractivity contribution in [2.45, 2.75) is 6.42 Å². The van der Waals surface area contributed by atoms with Crippen LogP contribution in [0.4, 0.5) is 0 Å². The smallest absolute Gasteiger partial charge is 0.329 e. The van der Waals surface area contributed by atoms with Gasteiger partial charge in [0, 0.05) is 19.5 Å². The summed E-state index contributed by atoms with van der Waals surface area (Å²) in [7, 11) is 0. The zero-order valence-electron chi connectivity index (χ0n) is 10.8. The average Bonchev–Trinajstić information content (AvgIpc) is 2.91. The molecule has 0 bridgehead atoms. The van der Waals surface area contributed by atoms with E-state index in [1.165, 1.54) is 11.3 Å². The van der Waals surface area contributed by atoms with Crippen LogP contribution in [-0.2, 0) is 14.3 Å². The molecule has 1 aromatic rings. The Morgan fingerprint density at radius 2 is 2.05 bits per heavy atom. The van der Waals surface area contributed by atoms with Crippen molar-refractivity contribution in [2.24, 2.45) is 0 Å². The molecule has 1 heterocycles. The van der Waals surface area contributed by atoms with Crippen LogP contribution < -0.4 is 10.6 Å². The maximum Gasteiger partial charge on any atom is 0.329 e. The highest BCUT2D eigenvalue weighted by molar-refractivity contribution is 7.12. The lowest BCUT2D eigenvalue weighted by Crippen LogP contribution is -2.32. The van der Waals surface area contributed by atoms with Crippen LogP contribution in [0.5, 0.6) is 0 Å². The molecule has 0 aliphatic rings. The van der Waals surface area contributed by atoms with Gasteiger partial charge in [-0.25, -0.2) is 4.79 Å². The number of amides is 2.